The maximum Gasteiger partial charge on any atom is 0.254 e. The summed E-state index contributed by atoms with van der Waals surface area (Å²) in [6, 6.07) is 17.4. The number of rotatable bonds is 6. The maximum atomic E-state index is 12.7. The van der Waals surface area contributed by atoms with Gasteiger partial charge in [0.05, 0.1) is 11.4 Å². The molecule has 0 atom stereocenters. The van der Waals surface area contributed by atoms with Gasteiger partial charge in [0.15, 0.2) is 0 Å². The quantitative estimate of drug-likeness (QED) is 0.602. The van der Waals surface area contributed by atoms with Gasteiger partial charge in [-0.3, -0.25) is 4.79 Å². The summed E-state index contributed by atoms with van der Waals surface area (Å²) in [5.41, 5.74) is 1.23. The third-order valence-corrected chi connectivity index (χ3v) is 6.13. The van der Waals surface area contributed by atoms with Crippen LogP contribution in [0.3, 0.4) is 0 Å². The molecule has 0 aliphatic heterocycles. The van der Waals surface area contributed by atoms with Crippen LogP contribution in [0.2, 0.25) is 0 Å². The second-order valence-electron chi connectivity index (χ2n) is 6.17. The van der Waals surface area contributed by atoms with Crippen molar-refractivity contribution in [2.45, 2.75) is 11.4 Å². The summed E-state index contributed by atoms with van der Waals surface area (Å²) in [6.45, 7) is 0.262. The largest absolute Gasteiger partial charge is 0.459 e. The van der Waals surface area contributed by atoms with Crippen molar-refractivity contribution in [3.8, 4) is 11.3 Å². The van der Waals surface area contributed by atoms with Gasteiger partial charge >= 0.3 is 0 Å². The Balaban J connectivity index is 1.75. The molecule has 3 rings (SSSR count). The van der Waals surface area contributed by atoms with Gasteiger partial charge in [-0.25, -0.2) is 13.1 Å². The van der Waals surface area contributed by atoms with E-state index in [1.807, 2.05) is 36.4 Å². The summed E-state index contributed by atoms with van der Waals surface area (Å²) in [5.74, 6) is 1.05. The fourth-order valence-corrected chi connectivity index (χ4v) is 3.71. The first kappa shape index (κ1) is 20.3. The zero-order chi connectivity index (χ0) is 20.3. The summed E-state index contributed by atoms with van der Waals surface area (Å²) in [6.07, 6.45) is 0. The minimum atomic E-state index is -3.61. The van der Waals surface area contributed by atoms with Crippen molar-refractivity contribution >= 4 is 31.9 Å². The predicted octanol–water partition coefficient (Wildman–Crippen LogP) is 3.89. The summed E-state index contributed by atoms with van der Waals surface area (Å²) in [7, 11) is -0.640. The Labute approximate surface area is 172 Å². The highest BCUT2D eigenvalue weighted by molar-refractivity contribution is 9.10. The van der Waals surface area contributed by atoms with Gasteiger partial charge in [0.25, 0.3) is 5.91 Å². The standard InChI is InChI=1S/C20H19BrN2O4S/c1-22-28(25,26)18-5-3-4-15(12-18)20(24)23(2)13-17-10-11-19(27-17)14-6-8-16(21)9-7-14/h3-12,22H,13H2,1-2H3. The fraction of sp³-hybridized carbons (Fsp3) is 0.150. The molecule has 146 valence electrons. The number of furan rings is 1. The van der Waals surface area contributed by atoms with Crippen molar-refractivity contribution in [3.63, 3.8) is 0 Å². The molecule has 0 unspecified atom stereocenters. The van der Waals surface area contributed by atoms with Gasteiger partial charge in [0.2, 0.25) is 10.0 Å². The second-order valence-corrected chi connectivity index (χ2v) is 8.97. The lowest BCUT2D eigenvalue weighted by atomic mass is 10.2. The van der Waals surface area contributed by atoms with Gasteiger partial charge in [0, 0.05) is 22.6 Å². The van der Waals surface area contributed by atoms with E-state index < -0.39 is 10.0 Å². The summed E-state index contributed by atoms with van der Waals surface area (Å²) < 4.78 is 33.0. The number of nitrogens with one attached hydrogen (secondary N) is 1. The molecular formula is C20H19BrN2O4S. The lowest BCUT2D eigenvalue weighted by Gasteiger charge is -2.16. The number of halogens is 1. The number of hydrogen-bond donors (Lipinski definition) is 1. The van der Waals surface area contributed by atoms with E-state index in [0.717, 1.165) is 10.0 Å². The van der Waals surface area contributed by atoms with E-state index in [0.29, 0.717) is 17.1 Å². The number of carbonyl (C=O) groups is 1. The molecule has 0 aliphatic rings. The highest BCUT2D eigenvalue weighted by atomic mass is 79.9. The summed E-state index contributed by atoms with van der Waals surface area (Å²) in [5, 5.41) is 0. The monoisotopic (exact) mass is 462 g/mol. The van der Waals surface area contributed by atoms with Gasteiger partial charge in [-0.15, -0.1) is 0 Å². The van der Waals surface area contributed by atoms with E-state index in [9.17, 15) is 13.2 Å². The number of carbonyl (C=O) groups excluding carboxylic acids is 1. The highest BCUT2D eigenvalue weighted by Crippen LogP contribution is 2.24. The molecule has 0 radical (unpaired) electrons. The van der Waals surface area contributed by atoms with Crippen LogP contribution in [-0.2, 0) is 16.6 Å². The van der Waals surface area contributed by atoms with Crippen molar-refractivity contribution in [2.24, 2.45) is 0 Å². The number of amides is 1. The number of hydrogen-bond acceptors (Lipinski definition) is 4. The number of benzene rings is 2. The maximum absolute atomic E-state index is 12.7. The SMILES string of the molecule is CNS(=O)(=O)c1cccc(C(=O)N(C)Cc2ccc(-c3ccc(Br)cc3)o2)c1. The zero-order valence-electron chi connectivity index (χ0n) is 15.3. The normalized spacial score (nSPS) is 11.4. The van der Waals surface area contributed by atoms with Crippen LogP contribution in [-0.4, -0.2) is 33.3 Å². The molecule has 0 bridgehead atoms. The first-order valence-corrected chi connectivity index (χ1v) is 10.7. The summed E-state index contributed by atoms with van der Waals surface area (Å²) >= 11 is 3.40. The molecule has 1 heterocycles. The third kappa shape index (κ3) is 4.52. The molecule has 6 nitrogen and oxygen atoms in total. The molecule has 1 aromatic heterocycles. The van der Waals surface area contributed by atoms with Crippen LogP contribution in [0, 0.1) is 0 Å². The van der Waals surface area contributed by atoms with E-state index in [1.165, 1.54) is 24.1 Å². The van der Waals surface area contributed by atoms with Crippen LogP contribution in [0.1, 0.15) is 16.1 Å². The third-order valence-electron chi connectivity index (χ3n) is 4.19. The molecule has 0 saturated carbocycles. The molecule has 0 aliphatic carbocycles. The average molecular weight is 463 g/mol. The molecule has 3 aromatic rings. The van der Waals surface area contributed by atoms with Crippen LogP contribution >= 0.6 is 15.9 Å². The van der Waals surface area contributed by atoms with Gasteiger partial charge in [0.1, 0.15) is 11.5 Å². The van der Waals surface area contributed by atoms with Crippen LogP contribution < -0.4 is 4.72 Å². The highest BCUT2D eigenvalue weighted by Gasteiger charge is 2.18. The first-order valence-electron chi connectivity index (χ1n) is 8.44. The van der Waals surface area contributed by atoms with Crippen molar-refractivity contribution < 1.29 is 17.6 Å². The van der Waals surface area contributed by atoms with E-state index in [1.54, 1.807) is 19.2 Å². The minimum absolute atomic E-state index is 0.0461. The van der Waals surface area contributed by atoms with E-state index in [2.05, 4.69) is 20.7 Å². The Morgan fingerprint density at radius 1 is 1.11 bits per heavy atom. The van der Waals surface area contributed by atoms with Crippen molar-refractivity contribution in [2.75, 3.05) is 14.1 Å². The Morgan fingerprint density at radius 2 is 1.82 bits per heavy atom. The van der Waals surface area contributed by atoms with Gasteiger partial charge in [-0.05, 0) is 49.5 Å². The number of nitrogens with zero attached hydrogens (tertiary/aromatic N) is 1. The van der Waals surface area contributed by atoms with Crippen LogP contribution in [0.25, 0.3) is 11.3 Å². The lowest BCUT2D eigenvalue weighted by molar-refractivity contribution is 0.0775. The van der Waals surface area contributed by atoms with E-state index >= 15 is 0 Å². The molecule has 1 amide bonds. The zero-order valence-corrected chi connectivity index (χ0v) is 17.7. The molecule has 8 heteroatoms. The smallest absolute Gasteiger partial charge is 0.254 e. The molecular weight excluding hydrogens is 444 g/mol. The molecule has 1 N–H and O–H groups in total. The molecule has 0 saturated heterocycles. The summed E-state index contributed by atoms with van der Waals surface area (Å²) in [4.78, 5) is 14.2. The van der Waals surface area contributed by atoms with Gasteiger partial charge in [-0.1, -0.05) is 34.1 Å². The minimum Gasteiger partial charge on any atom is -0.459 e. The van der Waals surface area contributed by atoms with Crippen molar-refractivity contribution in [1.82, 2.24) is 9.62 Å². The Hall–Kier alpha value is -2.42. The van der Waals surface area contributed by atoms with Crippen molar-refractivity contribution in [3.05, 3.63) is 76.5 Å². The number of sulfonamides is 1. The molecule has 0 spiro atoms. The molecule has 0 fully saturated rings. The predicted molar refractivity (Wildman–Crippen MR) is 110 cm³/mol. The lowest BCUT2D eigenvalue weighted by Crippen LogP contribution is -2.26. The van der Waals surface area contributed by atoms with E-state index in [-0.39, 0.29) is 17.3 Å². The van der Waals surface area contributed by atoms with Crippen LogP contribution in [0.4, 0.5) is 0 Å². The van der Waals surface area contributed by atoms with Crippen LogP contribution in [0.5, 0.6) is 0 Å². The Morgan fingerprint density at radius 3 is 2.50 bits per heavy atom. The Bertz CT molecular complexity index is 1090. The van der Waals surface area contributed by atoms with Gasteiger partial charge in [-0.2, -0.15) is 0 Å². The second kappa shape index (κ2) is 8.30. The van der Waals surface area contributed by atoms with Gasteiger partial charge < -0.3 is 9.32 Å². The van der Waals surface area contributed by atoms with E-state index in [4.69, 9.17) is 4.42 Å². The fourth-order valence-electron chi connectivity index (χ4n) is 2.67. The topological polar surface area (TPSA) is 79.6 Å². The molecule has 28 heavy (non-hydrogen) atoms. The van der Waals surface area contributed by atoms with Crippen molar-refractivity contribution in [1.29, 1.82) is 0 Å². The Kier molecular flexibility index (Phi) is 6.02. The first-order chi connectivity index (χ1) is 13.3. The average Bonchev–Trinajstić information content (AvgIpc) is 3.16. The molecule has 2 aromatic carbocycles. The van der Waals surface area contributed by atoms with Crippen LogP contribution in [0.15, 0.2) is 74.4 Å².